The number of rotatable bonds is 5. The first kappa shape index (κ1) is 13.0. The number of hydrogen-bond donors (Lipinski definition) is 1. The van der Waals surface area contributed by atoms with Gasteiger partial charge in [-0.2, -0.15) is 9.37 Å². The fourth-order valence-corrected chi connectivity index (χ4v) is 1.44. The summed E-state index contributed by atoms with van der Waals surface area (Å²) in [6.07, 6.45) is 1.14. The number of nitro groups is 1. The first-order valence-electron chi connectivity index (χ1n) is 5.16. The second-order valence-corrected chi connectivity index (χ2v) is 3.60. The maximum absolute atomic E-state index is 13.4. The topological polar surface area (TPSA) is 94.1 Å². The monoisotopic (exact) mass is 270 g/mol. The highest BCUT2D eigenvalue weighted by Crippen LogP contribution is 2.21. The highest BCUT2D eigenvalue weighted by Gasteiger charge is 2.18. The molecule has 1 N–H and O–H groups in total. The van der Waals surface area contributed by atoms with Crippen molar-refractivity contribution in [2.45, 2.75) is 13.1 Å². The molecule has 100 valence electrons. The van der Waals surface area contributed by atoms with Crippen LogP contribution in [0.4, 0.5) is 14.5 Å². The molecular formula is C10H8F2N4O3. The minimum Gasteiger partial charge on any atom is -0.343 e. The van der Waals surface area contributed by atoms with Crippen molar-refractivity contribution in [3.05, 3.63) is 51.7 Å². The molecule has 0 unspecified atom stereocenters. The molecule has 7 nitrogen and oxygen atoms in total. The first-order chi connectivity index (χ1) is 9.08. The van der Waals surface area contributed by atoms with Gasteiger partial charge in [-0.15, -0.1) is 0 Å². The number of hydrogen-bond acceptors (Lipinski definition) is 6. The lowest BCUT2D eigenvalue weighted by molar-refractivity contribution is -0.387. The van der Waals surface area contributed by atoms with Crippen LogP contribution in [0.15, 0.2) is 23.0 Å². The summed E-state index contributed by atoms with van der Waals surface area (Å²) in [7, 11) is 0. The van der Waals surface area contributed by atoms with Crippen LogP contribution in [0.25, 0.3) is 0 Å². The quantitative estimate of drug-likeness (QED) is 0.654. The van der Waals surface area contributed by atoms with Crippen molar-refractivity contribution >= 4 is 5.69 Å². The summed E-state index contributed by atoms with van der Waals surface area (Å²) >= 11 is 0. The summed E-state index contributed by atoms with van der Waals surface area (Å²) in [5.74, 6) is -1.70. The van der Waals surface area contributed by atoms with Crippen molar-refractivity contribution in [2.75, 3.05) is 0 Å². The Kier molecular flexibility index (Phi) is 3.76. The summed E-state index contributed by atoms with van der Waals surface area (Å²) in [5.41, 5.74) is -0.783. The number of aromatic nitrogens is 2. The summed E-state index contributed by atoms with van der Waals surface area (Å²) in [5, 5.41) is 16.8. The van der Waals surface area contributed by atoms with Gasteiger partial charge in [0.25, 0.3) is 0 Å². The summed E-state index contributed by atoms with van der Waals surface area (Å²) in [6.45, 7) is 0.169. The maximum Gasteiger partial charge on any atom is 0.305 e. The fraction of sp³-hybridized carbons (Fsp3) is 0.200. The normalized spacial score (nSPS) is 10.6. The molecule has 0 atom stereocenters. The van der Waals surface area contributed by atoms with E-state index >= 15 is 0 Å². The van der Waals surface area contributed by atoms with E-state index in [1.807, 2.05) is 0 Å². The van der Waals surface area contributed by atoms with Gasteiger partial charge in [0, 0.05) is 24.2 Å². The molecule has 0 saturated carbocycles. The molecule has 0 radical (unpaired) electrons. The van der Waals surface area contributed by atoms with Crippen LogP contribution in [-0.2, 0) is 13.1 Å². The maximum atomic E-state index is 13.4. The van der Waals surface area contributed by atoms with Gasteiger partial charge in [0.05, 0.1) is 11.5 Å². The SMILES string of the molecule is O=[N+]([O-])c1cc(CNCc2ncon2)c(F)cc1F. The fourth-order valence-electron chi connectivity index (χ4n) is 1.44. The Morgan fingerprint density at radius 3 is 2.74 bits per heavy atom. The second-order valence-electron chi connectivity index (χ2n) is 3.60. The molecule has 0 saturated heterocycles. The van der Waals surface area contributed by atoms with Gasteiger partial charge in [-0.1, -0.05) is 5.16 Å². The standard InChI is InChI=1S/C10H8F2N4O3/c11-7-2-8(12)9(16(17)18)1-6(7)3-13-4-10-14-5-19-15-10/h1-2,5,13H,3-4H2. The van der Waals surface area contributed by atoms with Gasteiger partial charge in [-0.05, 0) is 0 Å². The molecule has 1 aromatic carbocycles. The van der Waals surface area contributed by atoms with Gasteiger partial charge in [0.15, 0.2) is 5.82 Å². The molecule has 0 fully saturated rings. The van der Waals surface area contributed by atoms with E-state index in [-0.39, 0.29) is 18.7 Å². The van der Waals surface area contributed by atoms with Crippen LogP contribution in [0.1, 0.15) is 11.4 Å². The summed E-state index contributed by atoms with van der Waals surface area (Å²) in [4.78, 5) is 13.4. The van der Waals surface area contributed by atoms with E-state index < -0.39 is 22.2 Å². The Morgan fingerprint density at radius 2 is 2.11 bits per heavy atom. The van der Waals surface area contributed by atoms with Crippen LogP contribution < -0.4 is 5.32 Å². The third-order valence-electron chi connectivity index (χ3n) is 2.32. The largest absolute Gasteiger partial charge is 0.343 e. The van der Waals surface area contributed by atoms with Crippen molar-refractivity contribution in [3.63, 3.8) is 0 Å². The Hall–Kier alpha value is -2.42. The van der Waals surface area contributed by atoms with Crippen LogP contribution in [0.3, 0.4) is 0 Å². The molecule has 1 heterocycles. The first-order valence-corrected chi connectivity index (χ1v) is 5.16. The molecule has 2 rings (SSSR count). The molecule has 2 aromatic rings. The molecule has 1 aromatic heterocycles. The smallest absolute Gasteiger partial charge is 0.305 e. The number of benzene rings is 1. The van der Waals surface area contributed by atoms with Crippen LogP contribution in [0, 0.1) is 21.7 Å². The van der Waals surface area contributed by atoms with Crippen molar-refractivity contribution in [1.29, 1.82) is 0 Å². The summed E-state index contributed by atoms with van der Waals surface area (Å²) < 4.78 is 31.0. The Morgan fingerprint density at radius 1 is 1.32 bits per heavy atom. The zero-order valence-electron chi connectivity index (χ0n) is 9.47. The third kappa shape index (κ3) is 3.07. The number of halogens is 2. The van der Waals surface area contributed by atoms with E-state index in [4.69, 9.17) is 0 Å². The van der Waals surface area contributed by atoms with Gasteiger partial charge in [-0.25, -0.2) is 4.39 Å². The van der Waals surface area contributed by atoms with Crippen molar-refractivity contribution < 1.29 is 18.2 Å². The molecule has 0 aliphatic carbocycles. The lowest BCUT2D eigenvalue weighted by Crippen LogP contribution is -2.15. The van der Waals surface area contributed by atoms with Crippen molar-refractivity contribution in [2.24, 2.45) is 0 Å². The number of nitrogens with one attached hydrogen (secondary N) is 1. The molecule has 0 bridgehead atoms. The molecule has 0 amide bonds. The van der Waals surface area contributed by atoms with Crippen molar-refractivity contribution in [3.8, 4) is 0 Å². The molecular weight excluding hydrogens is 262 g/mol. The van der Waals surface area contributed by atoms with Crippen molar-refractivity contribution in [1.82, 2.24) is 15.5 Å². The Labute approximate surface area is 105 Å². The van der Waals surface area contributed by atoms with Gasteiger partial charge in [0.1, 0.15) is 5.82 Å². The minimum atomic E-state index is -1.20. The highest BCUT2D eigenvalue weighted by atomic mass is 19.1. The number of nitrogens with zero attached hydrogens (tertiary/aromatic N) is 3. The van der Waals surface area contributed by atoms with Gasteiger partial charge < -0.3 is 9.84 Å². The van der Waals surface area contributed by atoms with Gasteiger partial charge >= 0.3 is 5.69 Å². The lowest BCUT2D eigenvalue weighted by Gasteiger charge is -2.04. The van der Waals surface area contributed by atoms with Gasteiger partial charge in [0.2, 0.25) is 12.2 Å². The molecule has 0 aliphatic heterocycles. The van der Waals surface area contributed by atoms with E-state index in [0.717, 1.165) is 12.5 Å². The minimum absolute atomic E-state index is 0.0170. The van der Waals surface area contributed by atoms with Crippen LogP contribution in [0.2, 0.25) is 0 Å². The summed E-state index contributed by atoms with van der Waals surface area (Å²) in [6, 6.07) is 1.34. The predicted molar refractivity (Wildman–Crippen MR) is 57.9 cm³/mol. The van der Waals surface area contributed by atoms with Crippen LogP contribution >= 0.6 is 0 Å². The zero-order chi connectivity index (χ0) is 13.8. The average molecular weight is 270 g/mol. The average Bonchev–Trinajstić information content (AvgIpc) is 2.84. The predicted octanol–water partition coefficient (Wildman–Crippen LogP) is 1.55. The van der Waals surface area contributed by atoms with E-state index in [1.54, 1.807) is 0 Å². The zero-order valence-corrected chi connectivity index (χ0v) is 9.47. The van der Waals surface area contributed by atoms with E-state index in [1.165, 1.54) is 0 Å². The number of nitro benzene ring substituents is 1. The molecule has 19 heavy (non-hydrogen) atoms. The molecule has 9 heteroatoms. The van der Waals surface area contributed by atoms with Crippen LogP contribution in [0.5, 0.6) is 0 Å². The second kappa shape index (κ2) is 5.48. The van der Waals surface area contributed by atoms with E-state index in [9.17, 15) is 18.9 Å². The van der Waals surface area contributed by atoms with Crippen LogP contribution in [-0.4, -0.2) is 15.1 Å². The highest BCUT2D eigenvalue weighted by molar-refractivity contribution is 5.37. The van der Waals surface area contributed by atoms with Gasteiger partial charge in [-0.3, -0.25) is 10.1 Å². The van der Waals surface area contributed by atoms with E-state index in [0.29, 0.717) is 11.9 Å². The molecule has 0 spiro atoms. The molecule has 0 aliphatic rings. The third-order valence-corrected chi connectivity index (χ3v) is 2.32. The lowest BCUT2D eigenvalue weighted by atomic mass is 10.2. The Bertz CT molecular complexity index is 589. The van der Waals surface area contributed by atoms with E-state index in [2.05, 4.69) is 20.0 Å². The Balaban J connectivity index is 2.07.